The first-order chi connectivity index (χ1) is 4.31. The van der Waals surface area contributed by atoms with Crippen molar-refractivity contribution in [3.8, 4) is 0 Å². The van der Waals surface area contributed by atoms with Crippen LogP contribution in [-0.2, 0) is 0 Å². The molecule has 10 heavy (non-hydrogen) atoms. The number of hydrogen-bond acceptors (Lipinski definition) is 2. The number of rotatable bonds is 0. The second-order valence-electron chi connectivity index (χ2n) is 3.35. The van der Waals surface area contributed by atoms with Crippen LogP contribution < -0.4 is 5.32 Å². The fourth-order valence-electron chi connectivity index (χ4n) is 1.66. The van der Waals surface area contributed by atoms with E-state index in [0.29, 0.717) is 5.54 Å². The first-order valence-electron chi connectivity index (χ1n) is 3.74. The topological polar surface area (TPSA) is 32.3 Å². The van der Waals surface area contributed by atoms with Gasteiger partial charge in [0.25, 0.3) is 0 Å². The Kier molecular flexibility index (Phi) is 2.23. The Balaban J connectivity index is 0.000000500. The van der Waals surface area contributed by atoms with Crippen LogP contribution in [0.25, 0.3) is 0 Å². The van der Waals surface area contributed by atoms with Crippen molar-refractivity contribution >= 4 is 12.4 Å². The summed E-state index contributed by atoms with van der Waals surface area (Å²) in [5.74, 6) is 0. The highest BCUT2D eigenvalue weighted by molar-refractivity contribution is 5.85. The average Bonchev–Trinajstić information content (AvgIpc) is 2.49. The van der Waals surface area contributed by atoms with Gasteiger partial charge in [0, 0.05) is 5.54 Å². The Morgan fingerprint density at radius 3 is 2.50 bits per heavy atom. The molecular formula is C7H14ClNO. The third kappa shape index (κ3) is 1.44. The molecule has 0 amide bonds. The van der Waals surface area contributed by atoms with E-state index in [1.807, 2.05) is 0 Å². The van der Waals surface area contributed by atoms with Crippen LogP contribution in [0.3, 0.4) is 0 Å². The highest BCUT2D eigenvalue weighted by atomic mass is 35.5. The zero-order valence-electron chi connectivity index (χ0n) is 5.97. The lowest BCUT2D eigenvalue weighted by atomic mass is 10.0. The second-order valence-corrected chi connectivity index (χ2v) is 3.35. The van der Waals surface area contributed by atoms with Crippen molar-refractivity contribution in [2.75, 3.05) is 6.54 Å². The molecule has 2 aliphatic rings. The fourth-order valence-corrected chi connectivity index (χ4v) is 1.66. The van der Waals surface area contributed by atoms with Crippen LogP contribution >= 0.6 is 12.4 Å². The van der Waals surface area contributed by atoms with E-state index in [2.05, 4.69) is 5.32 Å². The first kappa shape index (κ1) is 8.31. The van der Waals surface area contributed by atoms with E-state index in [0.717, 1.165) is 19.4 Å². The molecule has 1 spiro atoms. The molecule has 2 nitrogen and oxygen atoms in total. The Bertz CT molecular complexity index is 125. The standard InChI is InChI=1S/C7H13NO.ClH/c9-6-1-4-8-7(5-6)2-3-7;/h6,8-9H,1-5H2;1H/t6-;/m1./s1. The van der Waals surface area contributed by atoms with E-state index in [9.17, 15) is 5.11 Å². The fraction of sp³-hybridized carbons (Fsp3) is 1.00. The maximum Gasteiger partial charge on any atom is 0.0569 e. The van der Waals surface area contributed by atoms with Gasteiger partial charge in [0.15, 0.2) is 0 Å². The largest absolute Gasteiger partial charge is 0.393 e. The van der Waals surface area contributed by atoms with Gasteiger partial charge in [-0.1, -0.05) is 0 Å². The number of hydrogen-bond donors (Lipinski definition) is 2. The summed E-state index contributed by atoms with van der Waals surface area (Å²) >= 11 is 0. The van der Waals surface area contributed by atoms with Crippen LogP contribution in [0.15, 0.2) is 0 Å². The van der Waals surface area contributed by atoms with Gasteiger partial charge in [0.05, 0.1) is 6.10 Å². The van der Waals surface area contributed by atoms with Crippen molar-refractivity contribution in [2.45, 2.75) is 37.3 Å². The minimum absolute atomic E-state index is 0. The van der Waals surface area contributed by atoms with Crippen LogP contribution in [0.1, 0.15) is 25.7 Å². The number of aliphatic hydroxyl groups is 1. The summed E-state index contributed by atoms with van der Waals surface area (Å²) in [6.45, 7) is 1.02. The predicted octanol–water partition coefficient (Wildman–Crippen LogP) is 0.685. The minimum atomic E-state index is -0.0197. The van der Waals surface area contributed by atoms with E-state index >= 15 is 0 Å². The second kappa shape index (κ2) is 2.68. The maximum atomic E-state index is 9.24. The van der Waals surface area contributed by atoms with Gasteiger partial charge in [0.1, 0.15) is 0 Å². The van der Waals surface area contributed by atoms with E-state index < -0.39 is 0 Å². The van der Waals surface area contributed by atoms with Crippen LogP contribution in [0.2, 0.25) is 0 Å². The van der Waals surface area contributed by atoms with Crippen LogP contribution in [0, 0.1) is 0 Å². The normalized spacial score (nSPS) is 35.1. The van der Waals surface area contributed by atoms with E-state index in [1.165, 1.54) is 12.8 Å². The Hall–Kier alpha value is 0.210. The third-order valence-electron chi connectivity index (χ3n) is 2.46. The summed E-state index contributed by atoms with van der Waals surface area (Å²) in [4.78, 5) is 0. The zero-order chi connectivity index (χ0) is 6.32. The molecule has 1 saturated heterocycles. The number of aliphatic hydroxyl groups excluding tert-OH is 1. The third-order valence-corrected chi connectivity index (χ3v) is 2.46. The summed E-state index contributed by atoms with van der Waals surface area (Å²) < 4.78 is 0. The minimum Gasteiger partial charge on any atom is -0.393 e. The van der Waals surface area contributed by atoms with E-state index in [-0.39, 0.29) is 18.5 Å². The van der Waals surface area contributed by atoms with Gasteiger partial charge in [-0.05, 0) is 32.2 Å². The molecule has 1 heterocycles. The average molecular weight is 164 g/mol. The zero-order valence-corrected chi connectivity index (χ0v) is 6.78. The van der Waals surface area contributed by atoms with Gasteiger partial charge in [0.2, 0.25) is 0 Å². The molecule has 0 aromatic heterocycles. The Morgan fingerprint density at radius 1 is 1.40 bits per heavy atom. The molecular weight excluding hydrogens is 150 g/mol. The van der Waals surface area contributed by atoms with E-state index in [1.54, 1.807) is 0 Å². The van der Waals surface area contributed by atoms with Gasteiger partial charge < -0.3 is 10.4 Å². The van der Waals surface area contributed by atoms with E-state index in [4.69, 9.17) is 0 Å². The molecule has 1 atom stereocenters. The maximum absolute atomic E-state index is 9.24. The van der Waals surface area contributed by atoms with Crippen molar-refractivity contribution in [2.24, 2.45) is 0 Å². The molecule has 1 aliphatic heterocycles. The Morgan fingerprint density at radius 2 is 2.10 bits per heavy atom. The van der Waals surface area contributed by atoms with Crippen molar-refractivity contribution in [1.82, 2.24) is 5.32 Å². The van der Waals surface area contributed by atoms with Gasteiger partial charge in [-0.15, -0.1) is 12.4 Å². The summed E-state index contributed by atoms with van der Waals surface area (Å²) in [5.41, 5.74) is 0.400. The lowest BCUT2D eigenvalue weighted by Gasteiger charge is -2.26. The van der Waals surface area contributed by atoms with Crippen molar-refractivity contribution in [3.05, 3.63) is 0 Å². The quantitative estimate of drug-likeness (QED) is 0.551. The molecule has 2 rings (SSSR count). The molecule has 3 heteroatoms. The predicted molar refractivity (Wildman–Crippen MR) is 42.5 cm³/mol. The molecule has 0 radical (unpaired) electrons. The summed E-state index contributed by atoms with van der Waals surface area (Å²) in [7, 11) is 0. The SMILES string of the molecule is Cl.O[C@@H]1CCNC2(CC2)C1. The lowest BCUT2D eigenvalue weighted by molar-refractivity contribution is 0.110. The summed E-state index contributed by atoms with van der Waals surface area (Å²) in [5, 5.41) is 12.7. The highest BCUT2D eigenvalue weighted by Crippen LogP contribution is 2.41. The van der Waals surface area contributed by atoms with Gasteiger partial charge in [-0.3, -0.25) is 0 Å². The lowest BCUT2D eigenvalue weighted by Crippen LogP contribution is -2.42. The van der Waals surface area contributed by atoms with Crippen LogP contribution in [0.4, 0.5) is 0 Å². The van der Waals surface area contributed by atoms with Crippen molar-refractivity contribution in [3.63, 3.8) is 0 Å². The molecule has 2 N–H and O–H groups in total. The number of nitrogens with one attached hydrogen (secondary N) is 1. The molecule has 1 aliphatic carbocycles. The Labute approximate surface area is 67.4 Å². The van der Waals surface area contributed by atoms with Crippen molar-refractivity contribution < 1.29 is 5.11 Å². The van der Waals surface area contributed by atoms with Crippen molar-refractivity contribution in [1.29, 1.82) is 0 Å². The molecule has 0 unspecified atom stereocenters. The molecule has 1 saturated carbocycles. The number of halogens is 1. The summed E-state index contributed by atoms with van der Waals surface area (Å²) in [6.07, 6.45) is 4.48. The molecule has 0 bridgehead atoms. The number of piperidine rings is 1. The summed E-state index contributed by atoms with van der Waals surface area (Å²) in [6, 6.07) is 0. The monoisotopic (exact) mass is 163 g/mol. The van der Waals surface area contributed by atoms with Gasteiger partial charge in [-0.25, -0.2) is 0 Å². The highest BCUT2D eigenvalue weighted by Gasteiger charge is 2.45. The molecule has 60 valence electrons. The smallest absolute Gasteiger partial charge is 0.0569 e. The first-order valence-corrected chi connectivity index (χ1v) is 3.74. The van der Waals surface area contributed by atoms with Crippen LogP contribution in [0.5, 0.6) is 0 Å². The molecule has 0 aromatic carbocycles. The molecule has 2 fully saturated rings. The van der Waals surface area contributed by atoms with Gasteiger partial charge >= 0.3 is 0 Å². The molecule has 0 aromatic rings. The van der Waals surface area contributed by atoms with Gasteiger partial charge in [-0.2, -0.15) is 0 Å². The van der Waals surface area contributed by atoms with Crippen LogP contribution in [-0.4, -0.2) is 23.3 Å².